The molecule has 124 valence electrons. The van der Waals surface area contributed by atoms with Gasteiger partial charge in [-0.1, -0.05) is 18.2 Å². The standard InChI is InChI=1S/C19H17N5O/c1-2-10-24-18(22-16-8-4-3-7-14(16)19(24)25)15-12-21-23-17(15)13-6-5-9-20-11-13/h2-9,11-12,18,22H,1,10H2,(H,21,23). The van der Waals surface area contributed by atoms with Gasteiger partial charge in [-0.05, 0) is 24.3 Å². The molecule has 1 aliphatic heterocycles. The number of carbonyl (C=O) groups is 1. The largest absolute Gasteiger partial charge is 0.361 e. The SMILES string of the molecule is C=CCN1C(=O)c2ccccc2NC1c1cn[nH]c1-c1cccnc1. The number of rotatable bonds is 4. The van der Waals surface area contributed by atoms with Gasteiger partial charge < -0.3 is 10.2 Å². The number of nitrogens with one attached hydrogen (secondary N) is 2. The first-order valence-corrected chi connectivity index (χ1v) is 8.00. The molecule has 1 amide bonds. The third-order valence-corrected chi connectivity index (χ3v) is 4.26. The summed E-state index contributed by atoms with van der Waals surface area (Å²) >= 11 is 0. The minimum Gasteiger partial charge on any atom is -0.361 e. The number of aromatic nitrogens is 3. The summed E-state index contributed by atoms with van der Waals surface area (Å²) in [5, 5.41) is 10.7. The number of para-hydroxylation sites is 1. The number of aromatic amines is 1. The second-order valence-electron chi connectivity index (χ2n) is 5.78. The van der Waals surface area contributed by atoms with Gasteiger partial charge in [0.1, 0.15) is 6.17 Å². The Kier molecular flexibility index (Phi) is 3.78. The van der Waals surface area contributed by atoms with Crippen LogP contribution < -0.4 is 5.32 Å². The number of benzene rings is 1. The number of amides is 1. The Morgan fingerprint density at radius 1 is 1.20 bits per heavy atom. The van der Waals surface area contributed by atoms with Crippen LogP contribution in [0.15, 0.2) is 67.6 Å². The van der Waals surface area contributed by atoms with Crippen LogP contribution in [0.5, 0.6) is 0 Å². The molecule has 1 aliphatic rings. The van der Waals surface area contributed by atoms with Crippen molar-refractivity contribution in [3.05, 3.63) is 78.8 Å². The van der Waals surface area contributed by atoms with Gasteiger partial charge in [-0.25, -0.2) is 0 Å². The molecule has 0 saturated heterocycles. The van der Waals surface area contributed by atoms with Gasteiger partial charge in [-0.15, -0.1) is 6.58 Å². The second kappa shape index (κ2) is 6.24. The number of H-pyrrole nitrogens is 1. The summed E-state index contributed by atoms with van der Waals surface area (Å²) in [5.74, 6) is -0.0300. The van der Waals surface area contributed by atoms with E-state index < -0.39 is 0 Å². The van der Waals surface area contributed by atoms with Crippen molar-refractivity contribution in [2.45, 2.75) is 6.17 Å². The lowest BCUT2D eigenvalue weighted by Crippen LogP contribution is -2.43. The summed E-state index contributed by atoms with van der Waals surface area (Å²) in [6.07, 6.45) is 6.63. The van der Waals surface area contributed by atoms with Crippen molar-refractivity contribution in [1.82, 2.24) is 20.1 Å². The fourth-order valence-corrected chi connectivity index (χ4v) is 3.11. The smallest absolute Gasteiger partial charge is 0.258 e. The monoisotopic (exact) mass is 331 g/mol. The van der Waals surface area contributed by atoms with E-state index in [1.54, 1.807) is 29.6 Å². The van der Waals surface area contributed by atoms with Gasteiger partial charge in [0.05, 0.1) is 17.5 Å². The number of anilines is 1. The van der Waals surface area contributed by atoms with E-state index in [4.69, 9.17) is 0 Å². The summed E-state index contributed by atoms with van der Waals surface area (Å²) < 4.78 is 0. The molecule has 1 unspecified atom stereocenters. The molecule has 3 aromatic rings. The summed E-state index contributed by atoms with van der Waals surface area (Å²) in [7, 11) is 0. The lowest BCUT2D eigenvalue weighted by atomic mass is 10.0. The predicted octanol–water partition coefficient (Wildman–Crippen LogP) is 3.22. The third-order valence-electron chi connectivity index (χ3n) is 4.26. The first-order chi connectivity index (χ1) is 12.3. The van der Waals surface area contributed by atoms with E-state index in [-0.39, 0.29) is 12.1 Å². The van der Waals surface area contributed by atoms with Crippen molar-refractivity contribution in [2.75, 3.05) is 11.9 Å². The molecule has 1 atom stereocenters. The molecule has 3 heterocycles. The maximum absolute atomic E-state index is 13.0. The van der Waals surface area contributed by atoms with Gasteiger partial charge in [-0.2, -0.15) is 5.10 Å². The van der Waals surface area contributed by atoms with Gasteiger partial charge >= 0.3 is 0 Å². The molecule has 4 rings (SSSR count). The Hall–Kier alpha value is -3.41. The summed E-state index contributed by atoms with van der Waals surface area (Å²) in [5.41, 5.74) is 4.12. The van der Waals surface area contributed by atoms with Crippen LogP contribution >= 0.6 is 0 Å². The van der Waals surface area contributed by atoms with E-state index in [0.717, 1.165) is 22.5 Å². The molecule has 6 nitrogen and oxygen atoms in total. The zero-order valence-corrected chi connectivity index (χ0v) is 13.5. The van der Waals surface area contributed by atoms with Crippen LogP contribution in [0.2, 0.25) is 0 Å². The van der Waals surface area contributed by atoms with Crippen LogP contribution in [0.4, 0.5) is 5.69 Å². The van der Waals surface area contributed by atoms with E-state index in [1.165, 1.54) is 0 Å². The van der Waals surface area contributed by atoms with Gasteiger partial charge in [0.2, 0.25) is 0 Å². The number of hydrogen-bond donors (Lipinski definition) is 2. The second-order valence-corrected chi connectivity index (χ2v) is 5.78. The molecular formula is C19H17N5O. The molecule has 1 aromatic carbocycles. The molecule has 2 N–H and O–H groups in total. The van der Waals surface area contributed by atoms with Crippen molar-refractivity contribution in [2.24, 2.45) is 0 Å². The lowest BCUT2D eigenvalue weighted by Gasteiger charge is -2.37. The topological polar surface area (TPSA) is 73.9 Å². The molecule has 0 radical (unpaired) electrons. The zero-order valence-electron chi connectivity index (χ0n) is 13.5. The lowest BCUT2D eigenvalue weighted by molar-refractivity contribution is 0.0708. The Balaban J connectivity index is 1.81. The molecule has 0 bridgehead atoms. The van der Waals surface area contributed by atoms with Crippen LogP contribution in [0.25, 0.3) is 11.3 Å². The average molecular weight is 331 g/mol. The zero-order chi connectivity index (χ0) is 17.2. The summed E-state index contributed by atoms with van der Waals surface area (Å²) in [4.78, 5) is 18.9. The minimum atomic E-state index is -0.339. The highest BCUT2D eigenvalue weighted by Gasteiger charge is 2.34. The van der Waals surface area contributed by atoms with Crippen LogP contribution in [-0.2, 0) is 0 Å². The molecule has 2 aromatic heterocycles. The first-order valence-electron chi connectivity index (χ1n) is 8.00. The highest BCUT2D eigenvalue weighted by atomic mass is 16.2. The number of pyridine rings is 1. The Labute approximate surface area is 145 Å². The van der Waals surface area contributed by atoms with E-state index >= 15 is 0 Å². The van der Waals surface area contributed by atoms with E-state index in [2.05, 4.69) is 27.1 Å². The minimum absolute atomic E-state index is 0.0300. The average Bonchev–Trinajstić information content (AvgIpc) is 3.14. The van der Waals surface area contributed by atoms with Crippen molar-refractivity contribution in [1.29, 1.82) is 0 Å². The van der Waals surface area contributed by atoms with Gasteiger partial charge in [0.15, 0.2) is 0 Å². The highest BCUT2D eigenvalue weighted by molar-refractivity contribution is 6.02. The quantitative estimate of drug-likeness (QED) is 0.720. The van der Waals surface area contributed by atoms with E-state index in [1.807, 2.05) is 36.4 Å². The Morgan fingerprint density at radius 2 is 2.08 bits per heavy atom. The molecular weight excluding hydrogens is 314 g/mol. The van der Waals surface area contributed by atoms with Crippen molar-refractivity contribution < 1.29 is 4.79 Å². The summed E-state index contributed by atoms with van der Waals surface area (Å²) in [6, 6.07) is 11.3. The van der Waals surface area contributed by atoms with Crippen LogP contribution in [0.3, 0.4) is 0 Å². The van der Waals surface area contributed by atoms with Crippen molar-refractivity contribution in [3.8, 4) is 11.3 Å². The molecule has 25 heavy (non-hydrogen) atoms. The van der Waals surface area contributed by atoms with E-state index in [0.29, 0.717) is 12.1 Å². The number of hydrogen-bond acceptors (Lipinski definition) is 4. The number of fused-ring (bicyclic) bond motifs is 1. The maximum Gasteiger partial charge on any atom is 0.258 e. The normalized spacial score (nSPS) is 16.2. The van der Waals surface area contributed by atoms with Crippen LogP contribution in [0, 0.1) is 0 Å². The Morgan fingerprint density at radius 3 is 2.88 bits per heavy atom. The van der Waals surface area contributed by atoms with Crippen LogP contribution in [-0.4, -0.2) is 32.5 Å². The highest BCUT2D eigenvalue weighted by Crippen LogP contribution is 2.36. The molecule has 6 heteroatoms. The first kappa shape index (κ1) is 15.1. The molecule has 0 saturated carbocycles. The summed E-state index contributed by atoms with van der Waals surface area (Å²) in [6.45, 7) is 4.22. The van der Waals surface area contributed by atoms with Gasteiger partial charge in [-0.3, -0.25) is 14.9 Å². The predicted molar refractivity (Wildman–Crippen MR) is 95.9 cm³/mol. The Bertz CT molecular complexity index is 918. The fourth-order valence-electron chi connectivity index (χ4n) is 3.11. The van der Waals surface area contributed by atoms with E-state index in [9.17, 15) is 4.79 Å². The van der Waals surface area contributed by atoms with Gasteiger partial charge in [0, 0.05) is 35.8 Å². The number of carbonyl (C=O) groups excluding carboxylic acids is 1. The molecule has 0 fully saturated rings. The van der Waals surface area contributed by atoms with Crippen molar-refractivity contribution in [3.63, 3.8) is 0 Å². The third kappa shape index (κ3) is 2.57. The maximum atomic E-state index is 13.0. The van der Waals surface area contributed by atoms with Crippen LogP contribution in [0.1, 0.15) is 22.1 Å². The molecule has 0 aliphatic carbocycles. The number of nitrogens with zero attached hydrogens (tertiary/aromatic N) is 3. The van der Waals surface area contributed by atoms with Crippen molar-refractivity contribution >= 4 is 11.6 Å². The van der Waals surface area contributed by atoms with Gasteiger partial charge in [0.25, 0.3) is 5.91 Å². The molecule has 0 spiro atoms. The fraction of sp³-hybridized carbons (Fsp3) is 0.105.